The molecule has 28 heavy (non-hydrogen) atoms. The lowest BCUT2D eigenvalue weighted by molar-refractivity contribution is -0.150. The van der Waals surface area contributed by atoms with E-state index in [0.29, 0.717) is 36.0 Å². The van der Waals surface area contributed by atoms with Crippen molar-refractivity contribution in [2.45, 2.75) is 44.6 Å². The van der Waals surface area contributed by atoms with E-state index < -0.39 is 0 Å². The van der Waals surface area contributed by atoms with Crippen molar-refractivity contribution < 1.29 is 9.53 Å². The molecule has 6 heteroatoms. The first kappa shape index (κ1) is 18.9. The van der Waals surface area contributed by atoms with Crippen LogP contribution >= 0.6 is 15.9 Å². The third kappa shape index (κ3) is 4.17. The summed E-state index contributed by atoms with van der Waals surface area (Å²) < 4.78 is 6.75. The Labute approximate surface area is 171 Å². The first-order valence-electron chi connectivity index (χ1n) is 9.56. The van der Waals surface area contributed by atoms with Crippen LogP contribution in [0.15, 0.2) is 51.7 Å². The molecular formula is C22H21BrN2O3. The van der Waals surface area contributed by atoms with Gasteiger partial charge in [-0.3, -0.25) is 9.59 Å². The number of rotatable bonds is 5. The Morgan fingerprint density at radius 3 is 3.00 bits per heavy atom. The minimum Gasteiger partial charge on any atom is -0.457 e. The Morgan fingerprint density at radius 2 is 2.11 bits per heavy atom. The molecule has 144 valence electrons. The molecule has 1 atom stereocenters. The lowest BCUT2D eigenvalue weighted by atomic mass is 9.89. The van der Waals surface area contributed by atoms with Crippen LogP contribution in [0.2, 0.25) is 0 Å². The maximum absolute atomic E-state index is 12.3. The second kappa shape index (κ2) is 8.27. The summed E-state index contributed by atoms with van der Waals surface area (Å²) in [7, 11) is 0. The maximum Gasteiger partial charge on any atom is 0.306 e. The summed E-state index contributed by atoms with van der Waals surface area (Å²) in [5.74, 6) is 0.393. The number of halogens is 1. The van der Waals surface area contributed by atoms with Gasteiger partial charge in [-0.2, -0.15) is 0 Å². The van der Waals surface area contributed by atoms with E-state index in [1.54, 1.807) is 6.07 Å². The van der Waals surface area contributed by atoms with Crippen LogP contribution in [0, 0.1) is 0 Å². The van der Waals surface area contributed by atoms with E-state index in [0.717, 1.165) is 29.3 Å². The van der Waals surface area contributed by atoms with Crippen LogP contribution in [-0.2, 0) is 22.4 Å². The fourth-order valence-electron chi connectivity index (χ4n) is 3.72. The first-order chi connectivity index (χ1) is 13.6. The molecule has 3 aromatic rings. The smallest absolute Gasteiger partial charge is 0.306 e. The number of esters is 1. The van der Waals surface area contributed by atoms with Crippen LogP contribution in [0.5, 0.6) is 0 Å². The van der Waals surface area contributed by atoms with Gasteiger partial charge in [-0.25, -0.2) is 4.98 Å². The fourth-order valence-corrected chi connectivity index (χ4v) is 4.10. The maximum atomic E-state index is 12.3. The van der Waals surface area contributed by atoms with Gasteiger partial charge in [0.25, 0.3) is 5.56 Å². The number of carbonyl (C=O) groups excluding carboxylic acids is 1. The van der Waals surface area contributed by atoms with E-state index >= 15 is 0 Å². The molecule has 1 heterocycles. The number of ether oxygens (including phenoxy) is 1. The number of fused-ring (bicyclic) bond motifs is 2. The standard InChI is InChI=1S/C22H21BrN2O3/c23-15-12-11-14-5-3-8-19(17(14)13-15)28-21(26)10-4-9-20-24-18-7-2-1-6-16(18)22(27)25-20/h1-2,6-7,11-13,19H,3-5,8-10H2,(H,24,25,27). The topological polar surface area (TPSA) is 72.0 Å². The van der Waals surface area contributed by atoms with E-state index in [1.165, 1.54) is 5.56 Å². The summed E-state index contributed by atoms with van der Waals surface area (Å²) in [5.41, 5.74) is 2.89. The summed E-state index contributed by atoms with van der Waals surface area (Å²) in [5, 5.41) is 0.577. The van der Waals surface area contributed by atoms with Gasteiger partial charge in [0.15, 0.2) is 0 Å². The Morgan fingerprint density at radius 1 is 1.25 bits per heavy atom. The summed E-state index contributed by atoms with van der Waals surface area (Å²) in [6.45, 7) is 0. The molecule has 1 aliphatic rings. The molecule has 0 fully saturated rings. The Hall–Kier alpha value is -2.47. The molecule has 5 nitrogen and oxygen atoms in total. The zero-order chi connectivity index (χ0) is 19.5. The van der Waals surface area contributed by atoms with Crippen LogP contribution in [0.25, 0.3) is 10.9 Å². The quantitative estimate of drug-likeness (QED) is 0.586. The number of H-pyrrole nitrogens is 1. The van der Waals surface area contributed by atoms with E-state index in [9.17, 15) is 9.59 Å². The van der Waals surface area contributed by atoms with Gasteiger partial charge in [0.2, 0.25) is 0 Å². The van der Waals surface area contributed by atoms with Crippen molar-refractivity contribution in [2.75, 3.05) is 0 Å². The highest BCUT2D eigenvalue weighted by Crippen LogP contribution is 2.34. The van der Waals surface area contributed by atoms with Gasteiger partial charge in [-0.1, -0.05) is 34.1 Å². The van der Waals surface area contributed by atoms with Gasteiger partial charge in [-0.15, -0.1) is 0 Å². The van der Waals surface area contributed by atoms with E-state index in [2.05, 4.69) is 38.0 Å². The molecule has 1 aromatic heterocycles. The summed E-state index contributed by atoms with van der Waals surface area (Å²) in [6, 6.07) is 13.4. The number of nitrogens with zero attached hydrogens (tertiary/aromatic N) is 1. The highest BCUT2D eigenvalue weighted by atomic mass is 79.9. The van der Waals surface area contributed by atoms with Crippen molar-refractivity contribution in [3.05, 3.63) is 74.2 Å². The van der Waals surface area contributed by atoms with Gasteiger partial charge in [0.05, 0.1) is 10.9 Å². The lowest BCUT2D eigenvalue weighted by Gasteiger charge is -2.25. The molecule has 0 saturated heterocycles. The third-order valence-electron chi connectivity index (χ3n) is 5.10. The lowest BCUT2D eigenvalue weighted by Crippen LogP contribution is -2.17. The highest BCUT2D eigenvalue weighted by molar-refractivity contribution is 9.10. The van der Waals surface area contributed by atoms with Crippen molar-refractivity contribution in [2.24, 2.45) is 0 Å². The largest absolute Gasteiger partial charge is 0.457 e. The summed E-state index contributed by atoms with van der Waals surface area (Å²) >= 11 is 3.50. The van der Waals surface area contributed by atoms with Crippen molar-refractivity contribution in [3.8, 4) is 0 Å². The molecule has 0 aliphatic heterocycles. The fraction of sp³-hybridized carbons (Fsp3) is 0.318. The summed E-state index contributed by atoms with van der Waals surface area (Å²) in [4.78, 5) is 31.7. The number of hydrogen-bond acceptors (Lipinski definition) is 4. The molecule has 0 amide bonds. The van der Waals surface area contributed by atoms with Crippen molar-refractivity contribution in [3.63, 3.8) is 0 Å². The third-order valence-corrected chi connectivity index (χ3v) is 5.59. The monoisotopic (exact) mass is 440 g/mol. The Kier molecular flexibility index (Phi) is 5.57. The van der Waals surface area contributed by atoms with Gasteiger partial charge in [-0.05, 0) is 61.1 Å². The molecule has 1 unspecified atom stereocenters. The zero-order valence-electron chi connectivity index (χ0n) is 15.4. The number of carbonyl (C=O) groups is 1. The predicted octanol–water partition coefficient (Wildman–Crippen LogP) is 4.63. The molecule has 0 spiro atoms. The average Bonchev–Trinajstić information content (AvgIpc) is 2.68. The number of aryl methyl sites for hydroxylation is 2. The van der Waals surface area contributed by atoms with Crippen LogP contribution in [-0.4, -0.2) is 15.9 Å². The second-order valence-electron chi connectivity index (χ2n) is 7.10. The number of aromatic amines is 1. The Bertz CT molecular complexity index is 1080. The second-order valence-corrected chi connectivity index (χ2v) is 8.01. The molecule has 1 N–H and O–H groups in total. The van der Waals surface area contributed by atoms with Crippen LogP contribution < -0.4 is 5.56 Å². The molecule has 4 rings (SSSR count). The van der Waals surface area contributed by atoms with E-state index in [-0.39, 0.29) is 17.6 Å². The van der Waals surface area contributed by atoms with E-state index in [1.807, 2.05) is 24.3 Å². The number of hydrogen-bond donors (Lipinski definition) is 1. The van der Waals surface area contributed by atoms with Crippen molar-refractivity contribution in [1.29, 1.82) is 0 Å². The van der Waals surface area contributed by atoms with Crippen LogP contribution in [0.4, 0.5) is 0 Å². The molecule has 2 aromatic carbocycles. The number of para-hydroxylation sites is 1. The van der Waals surface area contributed by atoms with Crippen LogP contribution in [0.1, 0.15) is 48.7 Å². The van der Waals surface area contributed by atoms with Gasteiger partial charge >= 0.3 is 5.97 Å². The van der Waals surface area contributed by atoms with Crippen molar-refractivity contribution >= 4 is 32.8 Å². The first-order valence-corrected chi connectivity index (χ1v) is 10.4. The minimum absolute atomic E-state index is 0.146. The van der Waals surface area contributed by atoms with Gasteiger partial charge in [0.1, 0.15) is 11.9 Å². The van der Waals surface area contributed by atoms with Crippen molar-refractivity contribution in [1.82, 2.24) is 9.97 Å². The zero-order valence-corrected chi connectivity index (χ0v) is 17.0. The number of nitrogens with one attached hydrogen (secondary N) is 1. The normalized spacial score (nSPS) is 16.0. The SMILES string of the molecule is O=C(CCCc1nc2ccccc2c(=O)[nH]1)OC1CCCc2ccc(Br)cc21. The molecule has 0 bridgehead atoms. The van der Waals surface area contributed by atoms with Crippen LogP contribution in [0.3, 0.4) is 0 Å². The summed E-state index contributed by atoms with van der Waals surface area (Å²) in [6.07, 6.45) is 4.14. The van der Waals surface area contributed by atoms with E-state index in [4.69, 9.17) is 4.74 Å². The van der Waals surface area contributed by atoms with Gasteiger partial charge < -0.3 is 9.72 Å². The minimum atomic E-state index is -0.207. The predicted molar refractivity (Wildman–Crippen MR) is 111 cm³/mol. The average molecular weight is 441 g/mol. The molecule has 1 aliphatic carbocycles. The van der Waals surface area contributed by atoms with Gasteiger partial charge in [0, 0.05) is 17.3 Å². The highest BCUT2D eigenvalue weighted by Gasteiger charge is 2.23. The number of aromatic nitrogens is 2. The molecule has 0 saturated carbocycles. The Balaban J connectivity index is 1.36. The number of benzene rings is 2. The molecular weight excluding hydrogens is 420 g/mol. The molecule has 0 radical (unpaired) electrons.